The van der Waals surface area contributed by atoms with Gasteiger partial charge in [-0.05, 0) is 54.7 Å². The lowest BCUT2D eigenvalue weighted by Gasteiger charge is -2.47. The van der Waals surface area contributed by atoms with Gasteiger partial charge in [0.05, 0.1) is 5.69 Å². The van der Waals surface area contributed by atoms with E-state index in [9.17, 15) is 4.79 Å². The number of nitrogens with one attached hydrogen (secondary N) is 1. The number of likely N-dealkylation sites (tertiary alicyclic amines) is 1. The zero-order valence-corrected chi connectivity index (χ0v) is 17.2. The van der Waals surface area contributed by atoms with E-state index in [4.69, 9.17) is 5.11 Å². The van der Waals surface area contributed by atoms with Crippen molar-refractivity contribution < 1.29 is 9.90 Å². The lowest BCUT2D eigenvalue weighted by atomic mass is 9.67. The average Bonchev–Trinajstić information content (AvgIpc) is 2.70. The number of fused-ring (bicyclic) bond motifs is 4. The highest BCUT2D eigenvalue weighted by Crippen LogP contribution is 2.44. The van der Waals surface area contributed by atoms with E-state index in [1.807, 2.05) is 0 Å². The summed E-state index contributed by atoms with van der Waals surface area (Å²) in [4.78, 5) is 23.6. The van der Waals surface area contributed by atoms with Crippen LogP contribution in [0, 0.1) is 17.8 Å². The molecule has 29 heavy (non-hydrogen) atoms. The van der Waals surface area contributed by atoms with Gasteiger partial charge < -0.3 is 10.4 Å². The van der Waals surface area contributed by atoms with E-state index in [-0.39, 0.29) is 0 Å². The Hall–Kier alpha value is -2.12. The zero-order chi connectivity index (χ0) is 19.8. The predicted molar refractivity (Wildman–Crippen MR) is 112 cm³/mol. The van der Waals surface area contributed by atoms with Crippen LogP contribution in [0.2, 0.25) is 0 Å². The number of piperidine rings is 1. The SMILES string of the molecule is O=C(O)CCC1C2CCCC1CN(Cc1ccc3c(c1)Nc1nccnc1S3)C2. The maximum Gasteiger partial charge on any atom is 0.303 e. The molecule has 2 aliphatic heterocycles. The molecular weight excluding hydrogens is 384 g/mol. The van der Waals surface area contributed by atoms with E-state index in [0.717, 1.165) is 42.6 Å². The molecule has 2 atom stereocenters. The number of rotatable bonds is 5. The molecule has 2 unspecified atom stereocenters. The Morgan fingerprint density at radius 3 is 2.79 bits per heavy atom. The van der Waals surface area contributed by atoms with E-state index in [0.29, 0.717) is 24.2 Å². The number of benzene rings is 1. The summed E-state index contributed by atoms with van der Waals surface area (Å²) in [5.74, 6) is 2.06. The number of hydrogen-bond donors (Lipinski definition) is 2. The molecule has 2 N–H and O–H groups in total. The van der Waals surface area contributed by atoms with Crippen LogP contribution in [0.5, 0.6) is 0 Å². The first-order valence-electron chi connectivity index (χ1n) is 10.5. The molecule has 5 rings (SSSR count). The third-order valence-electron chi connectivity index (χ3n) is 6.61. The van der Waals surface area contributed by atoms with E-state index in [1.165, 1.54) is 29.7 Å². The highest BCUT2D eigenvalue weighted by molar-refractivity contribution is 7.99. The first kappa shape index (κ1) is 18.9. The van der Waals surface area contributed by atoms with Crippen molar-refractivity contribution in [2.24, 2.45) is 17.8 Å². The van der Waals surface area contributed by atoms with Gasteiger partial charge in [0, 0.05) is 43.3 Å². The molecule has 3 aliphatic rings. The third-order valence-corrected chi connectivity index (χ3v) is 7.68. The van der Waals surface area contributed by atoms with Crippen LogP contribution in [0.1, 0.15) is 37.7 Å². The minimum absolute atomic E-state index is 0.316. The second-order valence-corrected chi connectivity index (χ2v) is 9.54. The highest BCUT2D eigenvalue weighted by atomic mass is 32.2. The summed E-state index contributed by atoms with van der Waals surface area (Å²) >= 11 is 1.66. The molecule has 0 radical (unpaired) electrons. The van der Waals surface area contributed by atoms with Crippen LogP contribution in [0.25, 0.3) is 0 Å². The van der Waals surface area contributed by atoms with Gasteiger partial charge in [-0.15, -0.1) is 0 Å². The minimum atomic E-state index is -0.656. The molecular formula is C22H26N4O2S. The number of carbonyl (C=O) groups is 1. The fourth-order valence-electron chi connectivity index (χ4n) is 5.37. The molecule has 2 fully saturated rings. The van der Waals surface area contributed by atoms with Crippen molar-refractivity contribution in [3.63, 3.8) is 0 Å². The van der Waals surface area contributed by atoms with Crippen LogP contribution >= 0.6 is 11.8 Å². The van der Waals surface area contributed by atoms with Gasteiger partial charge in [-0.2, -0.15) is 0 Å². The number of nitrogens with zero attached hydrogens (tertiary/aromatic N) is 3. The van der Waals surface area contributed by atoms with Gasteiger partial charge in [0.1, 0.15) is 5.03 Å². The Morgan fingerprint density at radius 2 is 2.00 bits per heavy atom. The van der Waals surface area contributed by atoms with Crippen LogP contribution < -0.4 is 5.32 Å². The first-order valence-corrected chi connectivity index (χ1v) is 11.3. The molecule has 3 heterocycles. The summed E-state index contributed by atoms with van der Waals surface area (Å²) in [6, 6.07) is 6.65. The molecule has 1 saturated heterocycles. The van der Waals surface area contributed by atoms with Crippen molar-refractivity contribution in [2.75, 3.05) is 18.4 Å². The molecule has 1 saturated carbocycles. The van der Waals surface area contributed by atoms with Gasteiger partial charge in [-0.1, -0.05) is 24.2 Å². The van der Waals surface area contributed by atoms with Crippen LogP contribution in [0.3, 0.4) is 0 Å². The lowest BCUT2D eigenvalue weighted by molar-refractivity contribution is -0.137. The largest absolute Gasteiger partial charge is 0.481 e. The van der Waals surface area contributed by atoms with Crippen molar-refractivity contribution in [1.29, 1.82) is 0 Å². The second kappa shape index (κ2) is 7.95. The maximum atomic E-state index is 11.0. The number of aromatic nitrogens is 2. The van der Waals surface area contributed by atoms with Gasteiger partial charge in [0.15, 0.2) is 5.82 Å². The fraction of sp³-hybridized carbons (Fsp3) is 0.500. The summed E-state index contributed by atoms with van der Waals surface area (Å²) in [5.41, 5.74) is 2.42. The number of aliphatic carboxylic acids is 1. The van der Waals surface area contributed by atoms with E-state index in [2.05, 4.69) is 38.4 Å². The lowest BCUT2D eigenvalue weighted by Crippen LogP contribution is -2.48. The Morgan fingerprint density at radius 1 is 1.21 bits per heavy atom. The van der Waals surface area contributed by atoms with Gasteiger partial charge in [0.2, 0.25) is 0 Å². The van der Waals surface area contributed by atoms with Gasteiger partial charge in [-0.3, -0.25) is 9.69 Å². The van der Waals surface area contributed by atoms with Crippen LogP contribution in [-0.2, 0) is 11.3 Å². The van der Waals surface area contributed by atoms with E-state index >= 15 is 0 Å². The predicted octanol–water partition coefficient (Wildman–Crippen LogP) is 4.40. The van der Waals surface area contributed by atoms with Crippen molar-refractivity contribution in [3.05, 3.63) is 36.2 Å². The molecule has 0 spiro atoms. The highest BCUT2D eigenvalue weighted by Gasteiger charge is 2.39. The third kappa shape index (κ3) is 3.98. The summed E-state index contributed by atoms with van der Waals surface area (Å²) < 4.78 is 0. The molecule has 1 aliphatic carbocycles. The standard InChI is InChI=1S/C22H26N4O2S/c27-20(28)7-5-17-15-2-1-3-16(17)13-26(12-15)11-14-4-6-19-18(10-14)25-21-22(29-19)24-9-8-23-21/h4,6,8-10,15-17H,1-3,5,7,11-13H2,(H,23,25)(H,27,28). The molecule has 7 heteroatoms. The smallest absolute Gasteiger partial charge is 0.303 e. The molecule has 6 nitrogen and oxygen atoms in total. The Labute approximate surface area is 175 Å². The Kier molecular flexibility index (Phi) is 5.18. The summed E-state index contributed by atoms with van der Waals surface area (Å²) in [6.07, 6.45) is 8.39. The van der Waals surface area contributed by atoms with E-state index < -0.39 is 5.97 Å². The Balaban J connectivity index is 1.27. The second-order valence-electron chi connectivity index (χ2n) is 8.51. The average molecular weight is 411 g/mol. The maximum absolute atomic E-state index is 11.0. The minimum Gasteiger partial charge on any atom is -0.481 e. The van der Waals surface area contributed by atoms with Crippen molar-refractivity contribution >= 4 is 29.2 Å². The molecule has 2 bridgehead atoms. The van der Waals surface area contributed by atoms with Crippen molar-refractivity contribution in [1.82, 2.24) is 14.9 Å². The summed E-state index contributed by atoms with van der Waals surface area (Å²) in [6.45, 7) is 3.13. The number of anilines is 2. The topological polar surface area (TPSA) is 78.4 Å². The van der Waals surface area contributed by atoms with Crippen molar-refractivity contribution in [2.45, 2.75) is 48.6 Å². The Bertz CT molecular complexity index is 907. The molecule has 2 aromatic rings. The number of carboxylic acids is 1. The van der Waals surface area contributed by atoms with Gasteiger partial charge in [0.25, 0.3) is 0 Å². The van der Waals surface area contributed by atoms with Gasteiger partial charge in [-0.25, -0.2) is 9.97 Å². The van der Waals surface area contributed by atoms with Crippen LogP contribution in [0.15, 0.2) is 40.5 Å². The zero-order valence-electron chi connectivity index (χ0n) is 16.4. The first-order chi connectivity index (χ1) is 14.2. The summed E-state index contributed by atoms with van der Waals surface area (Å²) in [5, 5.41) is 13.4. The number of hydrogen-bond acceptors (Lipinski definition) is 6. The monoisotopic (exact) mass is 410 g/mol. The number of carboxylic acid groups (broad SMARTS) is 1. The molecule has 1 aromatic heterocycles. The van der Waals surface area contributed by atoms with Crippen LogP contribution in [0.4, 0.5) is 11.5 Å². The molecule has 152 valence electrons. The quantitative estimate of drug-likeness (QED) is 0.645. The molecule has 0 amide bonds. The normalized spacial score (nSPS) is 25.6. The van der Waals surface area contributed by atoms with Gasteiger partial charge >= 0.3 is 5.97 Å². The van der Waals surface area contributed by atoms with Crippen LogP contribution in [-0.4, -0.2) is 39.0 Å². The molecule has 1 aromatic carbocycles. The fourth-order valence-corrected chi connectivity index (χ4v) is 6.25. The van der Waals surface area contributed by atoms with E-state index in [1.54, 1.807) is 24.2 Å². The van der Waals surface area contributed by atoms with Crippen molar-refractivity contribution in [3.8, 4) is 0 Å². The summed E-state index contributed by atoms with van der Waals surface area (Å²) in [7, 11) is 0.